The number of aryl methyl sites for hydroxylation is 2. The molecule has 1 amide bonds. The standard InChI is InChI=1S/C23H18N4O3S2/c24-20-18-12-13-2-1-3-19(13)26-23(18)32-21(20)22(28)25-14-4-8-16(9-5-14)31-17-10-6-15(7-11-17)27(29)30/h4-12H,1-3,24H2,(H,25,28). The topological polar surface area (TPSA) is 111 Å². The van der Waals surface area contributed by atoms with Gasteiger partial charge in [-0.1, -0.05) is 11.8 Å². The van der Waals surface area contributed by atoms with Crippen LogP contribution in [-0.2, 0) is 12.8 Å². The first-order chi connectivity index (χ1) is 15.5. The molecule has 0 fully saturated rings. The lowest BCUT2D eigenvalue weighted by Crippen LogP contribution is -2.11. The van der Waals surface area contributed by atoms with E-state index >= 15 is 0 Å². The molecule has 0 saturated heterocycles. The van der Waals surface area contributed by atoms with Crippen molar-refractivity contribution in [3.8, 4) is 0 Å². The summed E-state index contributed by atoms with van der Waals surface area (Å²) >= 11 is 2.81. The summed E-state index contributed by atoms with van der Waals surface area (Å²) in [7, 11) is 0. The molecule has 3 N–H and O–H groups in total. The maximum Gasteiger partial charge on any atom is 0.269 e. The maximum atomic E-state index is 12.9. The molecule has 2 aromatic heterocycles. The van der Waals surface area contributed by atoms with E-state index in [2.05, 4.69) is 11.4 Å². The predicted molar refractivity (Wildman–Crippen MR) is 128 cm³/mol. The van der Waals surface area contributed by atoms with Gasteiger partial charge in [0.05, 0.1) is 10.6 Å². The Bertz CT molecular complexity index is 1350. The molecule has 2 heterocycles. The number of rotatable bonds is 5. The van der Waals surface area contributed by atoms with Gasteiger partial charge in [-0.2, -0.15) is 0 Å². The summed E-state index contributed by atoms with van der Waals surface area (Å²) in [4.78, 5) is 31.0. The number of nitrogens with two attached hydrogens (primary N) is 1. The van der Waals surface area contributed by atoms with Crippen molar-refractivity contribution >= 4 is 56.3 Å². The van der Waals surface area contributed by atoms with Crippen molar-refractivity contribution in [2.24, 2.45) is 0 Å². The van der Waals surface area contributed by atoms with Gasteiger partial charge in [-0.3, -0.25) is 14.9 Å². The van der Waals surface area contributed by atoms with Crippen LogP contribution in [0.3, 0.4) is 0 Å². The molecule has 0 aliphatic heterocycles. The first kappa shape index (κ1) is 20.5. The van der Waals surface area contributed by atoms with Crippen LogP contribution in [0, 0.1) is 10.1 Å². The Morgan fingerprint density at radius 2 is 1.78 bits per heavy atom. The highest BCUT2D eigenvalue weighted by molar-refractivity contribution is 7.99. The lowest BCUT2D eigenvalue weighted by molar-refractivity contribution is -0.384. The number of nitrogens with zero attached hydrogens (tertiary/aromatic N) is 2. The SMILES string of the molecule is Nc1c(C(=O)Nc2ccc(Sc3ccc([N+](=O)[O-])cc3)cc2)sc2nc3c(cc12)CCC3. The molecule has 32 heavy (non-hydrogen) atoms. The molecule has 9 heteroatoms. The number of pyridine rings is 1. The van der Waals surface area contributed by atoms with E-state index in [0.29, 0.717) is 16.3 Å². The number of non-ortho nitro benzene ring substituents is 1. The minimum absolute atomic E-state index is 0.0627. The third kappa shape index (κ3) is 3.92. The number of anilines is 2. The van der Waals surface area contributed by atoms with Crippen LogP contribution in [0.2, 0.25) is 0 Å². The molecule has 7 nitrogen and oxygen atoms in total. The minimum Gasteiger partial charge on any atom is -0.397 e. The number of nitro benzene ring substituents is 1. The van der Waals surface area contributed by atoms with Crippen molar-refractivity contribution in [3.05, 3.63) is 80.8 Å². The molecule has 0 bridgehead atoms. The van der Waals surface area contributed by atoms with Gasteiger partial charge in [0.15, 0.2) is 0 Å². The quantitative estimate of drug-likeness (QED) is 0.292. The van der Waals surface area contributed by atoms with Gasteiger partial charge in [-0.15, -0.1) is 11.3 Å². The highest BCUT2D eigenvalue weighted by Gasteiger charge is 2.21. The number of aromatic nitrogens is 1. The Balaban J connectivity index is 1.29. The second kappa shape index (κ2) is 8.25. The monoisotopic (exact) mass is 462 g/mol. The highest BCUT2D eigenvalue weighted by Crippen LogP contribution is 2.36. The predicted octanol–water partition coefficient (Wildman–Crippen LogP) is 5.68. The number of benzene rings is 2. The van der Waals surface area contributed by atoms with Gasteiger partial charge in [-0.05, 0) is 67.3 Å². The molecular weight excluding hydrogens is 444 g/mol. The number of amides is 1. The fourth-order valence-corrected chi connectivity index (χ4v) is 5.54. The Hall–Kier alpha value is -3.43. The summed E-state index contributed by atoms with van der Waals surface area (Å²) in [5.74, 6) is -0.249. The number of hydrogen-bond donors (Lipinski definition) is 2. The summed E-state index contributed by atoms with van der Waals surface area (Å²) in [6.45, 7) is 0. The summed E-state index contributed by atoms with van der Waals surface area (Å²) < 4.78 is 0. The van der Waals surface area contributed by atoms with E-state index < -0.39 is 4.92 Å². The number of nitro groups is 1. The lowest BCUT2D eigenvalue weighted by Gasteiger charge is -2.06. The minimum atomic E-state index is -0.419. The molecular formula is C23H18N4O3S2. The highest BCUT2D eigenvalue weighted by atomic mass is 32.2. The van der Waals surface area contributed by atoms with Crippen LogP contribution in [0.5, 0.6) is 0 Å². The molecule has 0 radical (unpaired) electrons. The summed E-state index contributed by atoms with van der Waals surface area (Å²) in [6, 6.07) is 15.9. The van der Waals surface area contributed by atoms with Gasteiger partial charge in [0.2, 0.25) is 0 Å². The number of fused-ring (bicyclic) bond motifs is 2. The van der Waals surface area contributed by atoms with Crippen molar-refractivity contribution in [2.45, 2.75) is 29.1 Å². The largest absolute Gasteiger partial charge is 0.397 e. The Labute approximate surface area is 191 Å². The van der Waals surface area contributed by atoms with Crippen molar-refractivity contribution < 1.29 is 9.72 Å². The molecule has 0 spiro atoms. The van der Waals surface area contributed by atoms with E-state index in [1.54, 1.807) is 12.1 Å². The normalized spacial score (nSPS) is 12.6. The average Bonchev–Trinajstić information content (AvgIpc) is 3.38. The first-order valence-corrected chi connectivity index (χ1v) is 11.7. The van der Waals surface area contributed by atoms with Gasteiger partial charge in [0.25, 0.3) is 11.6 Å². The smallest absolute Gasteiger partial charge is 0.269 e. The van der Waals surface area contributed by atoms with Gasteiger partial charge in [0.1, 0.15) is 9.71 Å². The fourth-order valence-electron chi connectivity index (χ4n) is 3.73. The summed E-state index contributed by atoms with van der Waals surface area (Å²) in [5, 5.41) is 14.5. The fraction of sp³-hybridized carbons (Fsp3) is 0.130. The molecule has 2 aromatic carbocycles. The van der Waals surface area contributed by atoms with Crippen molar-refractivity contribution in [1.82, 2.24) is 4.98 Å². The third-order valence-corrected chi connectivity index (χ3v) is 7.48. The zero-order chi connectivity index (χ0) is 22.2. The number of carbonyl (C=O) groups is 1. The molecule has 0 atom stereocenters. The van der Waals surface area contributed by atoms with Gasteiger partial charge in [-0.25, -0.2) is 4.98 Å². The second-order valence-corrected chi connectivity index (χ2v) is 9.62. The lowest BCUT2D eigenvalue weighted by atomic mass is 10.1. The Morgan fingerprint density at radius 1 is 1.09 bits per heavy atom. The van der Waals surface area contributed by atoms with E-state index in [0.717, 1.165) is 45.0 Å². The number of hydrogen-bond acceptors (Lipinski definition) is 7. The maximum absolute atomic E-state index is 12.9. The van der Waals surface area contributed by atoms with Crippen molar-refractivity contribution in [2.75, 3.05) is 11.1 Å². The summed E-state index contributed by atoms with van der Waals surface area (Å²) in [6.07, 6.45) is 3.11. The molecule has 0 unspecified atom stereocenters. The average molecular weight is 463 g/mol. The molecule has 0 saturated carbocycles. The van der Waals surface area contributed by atoms with E-state index in [-0.39, 0.29) is 11.6 Å². The Morgan fingerprint density at radius 3 is 2.47 bits per heavy atom. The Kier molecular flexibility index (Phi) is 5.28. The second-order valence-electron chi connectivity index (χ2n) is 7.48. The number of thiophene rings is 1. The summed E-state index contributed by atoms with van der Waals surface area (Å²) in [5.41, 5.74) is 9.85. The number of carbonyl (C=O) groups excluding carboxylic acids is 1. The van der Waals surface area contributed by atoms with Crippen molar-refractivity contribution in [1.29, 1.82) is 0 Å². The van der Waals surface area contributed by atoms with Crippen LogP contribution in [-0.4, -0.2) is 15.8 Å². The molecule has 5 rings (SSSR count). The van der Waals surface area contributed by atoms with Crippen LogP contribution in [0.25, 0.3) is 10.2 Å². The number of nitrogens with one attached hydrogen (secondary N) is 1. The van der Waals surface area contributed by atoms with E-state index in [1.807, 2.05) is 24.3 Å². The third-order valence-electron chi connectivity index (χ3n) is 5.35. The molecule has 160 valence electrons. The zero-order valence-corrected chi connectivity index (χ0v) is 18.5. The number of nitrogen functional groups attached to an aromatic ring is 1. The van der Waals surface area contributed by atoms with Gasteiger partial charge < -0.3 is 11.1 Å². The van der Waals surface area contributed by atoms with Crippen LogP contribution in [0.15, 0.2) is 64.4 Å². The van der Waals surface area contributed by atoms with Gasteiger partial charge in [0, 0.05) is 38.7 Å². The molecule has 1 aliphatic carbocycles. The van der Waals surface area contributed by atoms with Crippen LogP contribution in [0.1, 0.15) is 27.3 Å². The van der Waals surface area contributed by atoms with Crippen LogP contribution in [0.4, 0.5) is 17.1 Å². The van der Waals surface area contributed by atoms with E-state index in [1.165, 1.54) is 40.8 Å². The van der Waals surface area contributed by atoms with Crippen molar-refractivity contribution in [3.63, 3.8) is 0 Å². The zero-order valence-electron chi connectivity index (χ0n) is 16.8. The van der Waals surface area contributed by atoms with Gasteiger partial charge >= 0.3 is 0 Å². The molecule has 4 aromatic rings. The van der Waals surface area contributed by atoms with E-state index in [4.69, 9.17) is 10.7 Å². The molecule has 1 aliphatic rings. The van der Waals surface area contributed by atoms with Crippen LogP contribution < -0.4 is 11.1 Å². The first-order valence-electron chi connectivity index (χ1n) is 10.0. The van der Waals surface area contributed by atoms with Crippen LogP contribution >= 0.6 is 23.1 Å². The van der Waals surface area contributed by atoms with E-state index in [9.17, 15) is 14.9 Å².